The minimum absolute atomic E-state index is 0.345. The Morgan fingerprint density at radius 2 is 2.14 bits per heavy atom. The number of unbranched alkanes of at least 4 members (excludes halogenated alkanes) is 1. The van der Waals surface area contributed by atoms with Crippen LogP contribution in [0.5, 0.6) is 0 Å². The van der Waals surface area contributed by atoms with E-state index in [4.69, 9.17) is 0 Å². The second-order valence-electron chi connectivity index (χ2n) is 4.93. The summed E-state index contributed by atoms with van der Waals surface area (Å²) in [6.45, 7) is 1.98. The van der Waals surface area contributed by atoms with E-state index in [0.717, 1.165) is 12.8 Å². The van der Waals surface area contributed by atoms with Gasteiger partial charge in [-0.2, -0.15) is 0 Å². The Kier molecular flexibility index (Phi) is 6.61. The van der Waals surface area contributed by atoms with Crippen molar-refractivity contribution in [3.8, 4) is 0 Å². The molecule has 0 aromatic carbocycles. The lowest BCUT2D eigenvalue weighted by Gasteiger charge is -2.18. The number of pyridine rings is 1. The number of nitrogens with one attached hydrogen (secondary N) is 1. The number of nitrogens with zero attached hydrogens (tertiary/aromatic N) is 2. The number of hydrogen-bond acceptors (Lipinski definition) is 4. The normalized spacial score (nSPS) is 11.8. The zero-order valence-electron chi connectivity index (χ0n) is 12.4. The Balaban J connectivity index is 2.96. The number of carboxylic acids is 1. The molecule has 0 fully saturated rings. The summed E-state index contributed by atoms with van der Waals surface area (Å²) in [5.41, 5.74) is 0.345. The minimum Gasteiger partial charge on any atom is -0.480 e. The van der Waals surface area contributed by atoms with Crippen molar-refractivity contribution in [2.24, 2.45) is 0 Å². The molecule has 1 rings (SSSR count). The highest BCUT2D eigenvalue weighted by Gasteiger charge is 2.22. The molecule has 7 heteroatoms. The van der Waals surface area contributed by atoms with Crippen LogP contribution in [0.4, 0.5) is 5.82 Å². The molecule has 0 bridgehead atoms. The van der Waals surface area contributed by atoms with Gasteiger partial charge in [0.1, 0.15) is 11.9 Å². The molecule has 0 saturated carbocycles. The first-order valence-electron chi connectivity index (χ1n) is 6.73. The number of aliphatic carboxylic acids is 1. The molecule has 1 aromatic rings. The summed E-state index contributed by atoms with van der Waals surface area (Å²) >= 11 is 3.27. The number of carboxylic acid groups (broad SMARTS) is 1. The molecule has 0 spiro atoms. The van der Waals surface area contributed by atoms with Gasteiger partial charge in [0.05, 0.1) is 5.56 Å². The fraction of sp³-hybridized carbons (Fsp3) is 0.500. The highest BCUT2D eigenvalue weighted by atomic mass is 79.9. The Morgan fingerprint density at radius 1 is 1.48 bits per heavy atom. The molecule has 21 heavy (non-hydrogen) atoms. The van der Waals surface area contributed by atoms with E-state index >= 15 is 0 Å². The molecule has 1 heterocycles. The number of hydrogen-bond donors (Lipinski definition) is 2. The highest BCUT2D eigenvalue weighted by molar-refractivity contribution is 9.10. The molecule has 116 valence electrons. The summed E-state index contributed by atoms with van der Waals surface area (Å²) in [6, 6.07) is 0.752. The van der Waals surface area contributed by atoms with Crippen molar-refractivity contribution in [3.05, 3.63) is 22.3 Å². The molecule has 1 unspecified atom stereocenters. The third kappa shape index (κ3) is 5.00. The fourth-order valence-electron chi connectivity index (χ4n) is 1.86. The van der Waals surface area contributed by atoms with Crippen LogP contribution in [0.15, 0.2) is 16.7 Å². The van der Waals surface area contributed by atoms with Crippen molar-refractivity contribution in [3.63, 3.8) is 0 Å². The molecule has 1 aromatic heterocycles. The van der Waals surface area contributed by atoms with Crippen molar-refractivity contribution in [1.82, 2.24) is 10.3 Å². The largest absolute Gasteiger partial charge is 0.480 e. The van der Waals surface area contributed by atoms with E-state index in [0.29, 0.717) is 22.3 Å². The van der Waals surface area contributed by atoms with Crippen LogP contribution in [0.25, 0.3) is 0 Å². The third-order valence-electron chi connectivity index (χ3n) is 2.95. The molecule has 2 N–H and O–H groups in total. The van der Waals surface area contributed by atoms with Gasteiger partial charge >= 0.3 is 5.97 Å². The molecular weight excluding hydrogens is 338 g/mol. The molecule has 0 saturated heterocycles. The van der Waals surface area contributed by atoms with E-state index in [-0.39, 0.29) is 0 Å². The number of rotatable bonds is 7. The maximum absolute atomic E-state index is 12.3. The maximum atomic E-state index is 12.3. The predicted octanol–water partition coefficient (Wildman–Crippen LogP) is 2.28. The van der Waals surface area contributed by atoms with Gasteiger partial charge in [0.25, 0.3) is 5.91 Å². The van der Waals surface area contributed by atoms with Crippen LogP contribution in [0.1, 0.15) is 36.5 Å². The van der Waals surface area contributed by atoms with Gasteiger partial charge in [-0.05, 0) is 28.4 Å². The fourth-order valence-corrected chi connectivity index (χ4v) is 2.19. The van der Waals surface area contributed by atoms with Crippen LogP contribution in [-0.4, -0.2) is 42.1 Å². The Labute approximate surface area is 132 Å². The first-order valence-corrected chi connectivity index (χ1v) is 7.52. The molecule has 1 amide bonds. The molecule has 0 aliphatic rings. The van der Waals surface area contributed by atoms with E-state index in [1.54, 1.807) is 31.3 Å². The zero-order valence-corrected chi connectivity index (χ0v) is 14.0. The molecule has 6 nitrogen and oxygen atoms in total. The van der Waals surface area contributed by atoms with Crippen molar-refractivity contribution >= 4 is 33.6 Å². The predicted molar refractivity (Wildman–Crippen MR) is 84.7 cm³/mol. The number of carbonyl (C=O) groups excluding carboxylic acids is 1. The average molecular weight is 358 g/mol. The molecule has 0 radical (unpaired) electrons. The monoisotopic (exact) mass is 357 g/mol. The summed E-state index contributed by atoms with van der Waals surface area (Å²) in [6.07, 6.45) is 3.63. The van der Waals surface area contributed by atoms with Crippen LogP contribution < -0.4 is 10.2 Å². The van der Waals surface area contributed by atoms with E-state index < -0.39 is 17.9 Å². The Morgan fingerprint density at radius 3 is 2.67 bits per heavy atom. The first kappa shape index (κ1) is 17.4. The van der Waals surface area contributed by atoms with Crippen molar-refractivity contribution in [2.45, 2.75) is 32.2 Å². The van der Waals surface area contributed by atoms with E-state index in [1.807, 2.05) is 6.92 Å². The van der Waals surface area contributed by atoms with E-state index in [1.165, 1.54) is 0 Å². The third-order valence-corrected chi connectivity index (χ3v) is 3.38. The standard InChI is InChI=1S/C14H20BrN3O3/c1-4-5-6-11(14(20)21)17-13(19)10-7-9(15)8-16-12(10)18(2)3/h7-8,11H,4-6H2,1-3H3,(H,17,19)(H,20,21). The van der Waals surface area contributed by atoms with Gasteiger partial charge in [0, 0.05) is 24.8 Å². The van der Waals surface area contributed by atoms with Crippen LogP contribution in [0, 0.1) is 0 Å². The number of carbonyl (C=O) groups is 2. The average Bonchev–Trinajstić information content (AvgIpc) is 2.42. The van der Waals surface area contributed by atoms with Crippen LogP contribution >= 0.6 is 15.9 Å². The molecule has 0 aliphatic carbocycles. The number of aromatic nitrogens is 1. The summed E-state index contributed by atoms with van der Waals surface area (Å²) < 4.78 is 0.665. The second-order valence-corrected chi connectivity index (χ2v) is 5.84. The minimum atomic E-state index is -1.02. The van der Waals surface area contributed by atoms with Gasteiger partial charge in [0.15, 0.2) is 0 Å². The lowest BCUT2D eigenvalue weighted by molar-refractivity contribution is -0.139. The summed E-state index contributed by atoms with van der Waals surface area (Å²) in [4.78, 5) is 29.4. The summed E-state index contributed by atoms with van der Waals surface area (Å²) in [5, 5.41) is 11.7. The smallest absolute Gasteiger partial charge is 0.326 e. The lowest BCUT2D eigenvalue weighted by Crippen LogP contribution is -2.41. The first-order chi connectivity index (χ1) is 9.86. The van der Waals surface area contributed by atoms with E-state index in [9.17, 15) is 14.7 Å². The quantitative estimate of drug-likeness (QED) is 0.782. The Bertz CT molecular complexity index is 520. The van der Waals surface area contributed by atoms with Crippen molar-refractivity contribution in [2.75, 3.05) is 19.0 Å². The van der Waals surface area contributed by atoms with Gasteiger partial charge < -0.3 is 15.3 Å². The molecule has 1 atom stereocenters. The molecular formula is C14H20BrN3O3. The summed E-state index contributed by atoms with van der Waals surface area (Å²) in [5.74, 6) is -0.961. The van der Waals surface area contributed by atoms with Crippen molar-refractivity contribution < 1.29 is 14.7 Å². The second kappa shape index (κ2) is 7.97. The van der Waals surface area contributed by atoms with Gasteiger partial charge in [-0.25, -0.2) is 9.78 Å². The lowest BCUT2D eigenvalue weighted by atomic mass is 10.1. The number of amides is 1. The number of halogens is 1. The highest BCUT2D eigenvalue weighted by Crippen LogP contribution is 2.20. The van der Waals surface area contributed by atoms with Gasteiger partial charge in [0.2, 0.25) is 0 Å². The van der Waals surface area contributed by atoms with E-state index in [2.05, 4.69) is 26.2 Å². The maximum Gasteiger partial charge on any atom is 0.326 e. The molecule has 0 aliphatic heterocycles. The van der Waals surface area contributed by atoms with Gasteiger partial charge in [-0.1, -0.05) is 19.8 Å². The van der Waals surface area contributed by atoms with Crippen LogP contribution in [-0.2, 0) is 4.79 Å². The van der Waals surface area contributed by atoms with Crippen LogP contribution in [0.2, 0.25) is 0 Å². The van der Waals surface area contributed by atoms with Crippen molar-refractivity contribution in [1.29, 1.82) is 0 Å². The SMILES string of the molecule is CCCCC(NC(=O)c1cc(Br)cnc1N(C)C)C(=O)O. The van der Waals surface area contributed by atoms with Crippen LogP contribution in [0.3, 0.4) is 0 Å². The van der Waals surface area contributed by atoms with Gasteiger partial charge in [-0.15, -0.1) is 0 Å². The Hall–Kier alpha value is -1.63. The zero-order chi connectivity index (χ0) is 16.0. The van der Waals surface area contributed by atoms with Gasteiger partial charge in [-0.3, -0.25) is 4.79 Å². The topological polar surface area (TPSA) is 82.5 Å². The summed E-state index contributed by atoms with van der Waals surface area (Å²) in [7, 11) is 3.55. The number of anilines is 1.